The van der Waals surface area contributed by atoms with Gasteiger partial charge in [0.2, 0.25) is 0 Å². The molecule has 36 heavy (non-hydrogen) atoms. The average Bonchev–Trinajstić information content (AvgIpc) is 3.34. The molecule has 6 aromatic carbocycles. The summed E-state index contributed by atoms with van der Waals surface area (Å²) in [7, 11) is 0. The van der Waals surface area contributed by atoms with Gasteiger partial charge < -0.3 is 9.32 Å². The van der Waals surface area contributed by atoms with Crippen LogP contribution in [0.4, 0.5) is 17.1 Å². The van der Waals surface area contributed by atoms with Crippen molar-refractivity contribution in [1.82, 2.24) is 0 Å². The summed E-state index contributed by atoms with van der Waals surface area (Å²) >= 11 is 0. The average molecular weight is 462 g/mol. The standard InChI is InChI=1S/C34H23NO/c1-3-9-24(10-4-1)25-15-18-28(19-16-25)35(27-11-5-2-6-12-27)29-20-22-30-26(23-29)17-21-32-31-13-7-8-14-33(31)36-34(30)32/h1-23H. The van der Waals surface area contributed by atoms with Crippen LogP contribution in [0.1, 0.15) is 0 Å². The minimum absolute atomic E-state index is 0.925. The fourth-order valence-electron chi connectivity index (χ4n) is 5.10. The molecule has 7 rings (SSSR count). The number of nitrogens with zero attached hydrogens (tertiary/aromatic N) is 1. The summed E-state index contributed by atoms with van der Waals surface area (Å²) < 4.78 is 6.28. The van der Waals surface area contributed by atoms with E-state index in [0.29, 0.717) is 0 Å². The first-order valence-electron chi connectivity index (χ1n) is 12.2. The fourth-order valence-corrected chi connectivity index (χ4v) is 5.10. The number of fused-ring (bicyclic) bond motifs is 5. The summed E-state index contributed by atoms with van der Waals surface area (Å²) in [6.07, 6.45) is 0. The molecule has 0 aliphatic rings. The zero-order chi connectivity index (χ0) is 23.9. The maximum Gasteiger partial charge on any atom is 0.143 e. The van der Waals surface area contributed by atoms with Gasteiger partial charge in [-0.25, -0.2) is 0 Å². The van der Waals surface area contributed by atoms with Crippen LogP contribution in [0.15, 0.2) is 144 Å². The van der Waals surface area contributed by atoms with E-state index >= 15 is 0 Å². The summed E-state index contributed by atoms with van der Waals surface area (Å²) in [5.41, 5.74) is 7.64. The van der Waals surface area contributed by atoms with Gasteiger partial charge in [0.05, 0.1) is 0 Å². The van der Waals surface area contributed by atoms with Crippen LogP contribution in [-0.2, 0) is 0 Å². The van der Waals surface area contributed by atoms with E-state index in [1.54, 1.807) is 0 Å². The molecular formula is C34H23NO. The summed E-state index contributed by atoms with van der Waals surface area (Å²) in [6.45, 7) is 0. The second-order valence-corrected chi connectivity index (χ2v) is 9.03. The van der Waals surface area contributed by atoms with Crippen molar-refractivity contribution in [3.05, 3.63) is 140 Å². The number of furan rings is 1. The van der Waals surface area contributed by atoms with Crippen LogP contribution in [0, 0.1) is 0 Å². The summed E-state index contributed by atoms with van der Waals surface area (Å²) in [6, 6.07) is 49.0. The molecule has 0 atom stereocenters. The third-order valence-electron chi connectivity index (χ3n) is 6.85. The van der Waals surface area contributed by atoms with Gasteiger partial charge in [0, 0.05) is 33.2 Å². The molecule has 0 fully saturated rings. The Balaban J connectivity index is 1.36. The first kappa shape index (κ1) is 20.5. The van der Waals surface area contributed by atoms with E-state index < -0.39 is 0 Å². The molecule has 2 nitrogen and oxygen atoms in total. The predicted molar refractivity (Wildman–Crippen MR) is 151 cm³/mol. The Morgan fingerprint density at radius 1 is 0.417 bits per heavy atom. The molecule has 0 unspecified atom stereocenters. The van der Waals surface area contributed by atoms with Crippen molar-refractivity contribution in [2.24, 2.45) is 0 Å². The second kappa shape index (κ2) is 8.44. The topological polar surface area (TPSA) is 16.4 Å². The van der Waals surface area contributed by atoms with Gasteiger partial charge in [-0.15, -0.1) is 0 Å². The highest BCUT2D eigenvalue weighted by molar-refractivity contribution is 6.15. The van der Waals surface area contributed by atoms with Crippen LogP contribution in [0.3, 0.4) is 0 Å². The Labute approximate surface area is 209 Å². The molecule has 0 radical (unpaired) electrons. The van der Waals surface area contributed by atoms with Gasteiger partial charge >= 0.3 is 0 Å². The maximum atomic E-state index is 6.28. The van der Waals surface area contributed by atoms with E-state index in [4.69, 9.17) is 4.42 Å². The molecule has 7 aromatic rings. The number of hydrogen-bond acceptors (Lipinski definition) is 2. The van der Waals surface area contributed by atoms with E-state index in [1.807, 2.05) is 18.2 Å². The molecule has 0 aliphatic heterocycles. The van der Waals surface area contributed by atoms with Gasteiger partial charge in [-0.1, -0.05) is 84.9 Å². The first-order valence-corrected chi connectivity index (χ1v) is 12.2. The Bertz CT molecular complexity index is 1820. The predicted octanol–water partition coefficient (Wildman–Crippen LogP) is 9.88. The van der Waals surface area contributed by atoms with E-state index in [-0.39, 0.29) is 0 Å². The minimum Gasteiger partial charge on any atom is -0.455 e. The zero-order valence-corrected chi connectivity index (χ0v) is 19.6. The van der Waals surface area contributed by atoms with Gasteiger partial charge in [0.25, 0.3) is 0 Å². The molecule has 0 spiro atoms. The fraction of sp³-hybridized carbons (Fsp3) is 0. The lowest BCUT2D eigenvalue weighted by Gasteiger charge is -2.26. The first-order chi connectivity index (χ1) is 17.8. The van der Waals surface area contributed by atoms with E-state index in [2.05, 4.69) is 126 Å². The molecule has 1 heterocycles. The third-order valence-corrected chi connectivity index (χ3v) is 6.85. The van der Waals surface area contributed by atoms with Gasteiger partial charge in [-0.3, -0.25) is 0 Å². The highest BCUT2D eigenvalue weighted by atomic mass is 16.3. The van der Waals surface area contributed by atoms with Crippen molar-refractivity contribution in [2.45, 2.75) is 0 Å². The van der Waals surface area contributed by atoms with E-state index in [1.165, 1.54) is 11.1 Å². The quantitative estimate of drug-likeness (QED) is 0.259. The lowest BCUT2D eigenvalue weighted by molar-refractivity contribution is 0.672. The van der Waals surface area contributed by atoms with Crippen LogP contribution >= 0.6 is 0 Å². The smallest absolute Gasteiger partial charge is 0.143 e. The largest absolute Gasteiger partial charge is 0.455 e. The highest BCUT2D eigenvalue weighted by Gasteiger charge is 2.15. The zero-order valence-electron chi connectivity index (χ0n) is 19.6. The van der Waals surface area contributed by atoms with Crippen molar-refractivity contribution < 1.29 is 4.42 Å². The lowest BCUT2D eigenvalue weighted by atomic mass is 10.0. The van der Waals surface area contributed by atoms with Crippen LogP contribution in [0.25, 0.3) is 43.8 Å². The molecular weight excluding hydrogens is 438 g/mol. The number of rotatable bonds is 4. The number of benzene rings is 6. The lowest BCUT2D eigenvalue weighted by Crippen LogP contribution is -2.09. The highest BCUT2D eigenvalue weighted by Crippen LogP contribution is 2.39. The van der Waals surface area contributed by atoms with Gasteiger partial charge in [-0.05, 0) is 71.1 Å². The molecule has 0 bridgehead atoms. The minimum atomic E-state index is 0.925. The van der Waals surface area contributed by atoms with Crippen molar-refractivity contribution in [1.29, 1.82) is 0 Å². The Morgan fingerprint density at radius 3 is 1.83 bits per heavy atom. The Kier molecular flexibility index (Phi) is 4.82. The van der Waals surface area contributed by atoms with Crippen LogP contribution in [0.2, 0.25) is 0 Å². The maximum absolute atomic E-state index is 6.28. The summed E-state index contributed by atoms with van der Waals surface area (Å²) in [4.78, 5) is 2.30. The number of hydrogen-bond donors (Lipinski definition) is 0. The van der Waals surface area contributed by atoms with Crippen molar-refractivity contribution >= 4 is 49.8 Å². The van der Waals surface area contributed by atoms with Crippen molar-refractivity contribution in [3.8, 4) is 11.1 Å². The Morgan fingerprint density at radius 2 is 1.03 bits per heavy atom. The molecule has 0 saturated heterocycles. The van der Waals surface area contributed by atoms with Gasteiger partial charge in [0.1, 0.15) is 11.2 Å². The van der Waals surface area contributed by atoms with Crippen molar-refractivity contribution in [2.75, 3.05) is 4.90 Å². The monoisotopic (exact) mass is 461 g/mol. The summed E-state index contributed by atoms with van der Waals surface area (Å²) in [5, 5.41) is 4.59. The normalized spacial score (nSPS) is 11.3. The molecule has 0 saturated carbocycles. The van der Waals surface area contributed by atoms with E-state index in [9.17, 15) is 0 Å². The van der Waals surface area contributed by atoms with Gasteiger partial charge in [-0.2, -0.15) is 0 Å². The number of para-hydroxylation sites is 2. The number of anilines is 3. The van der Waals surface area contributed by atoms with E-state index in [0.717, 1.165) is 49.8 Å². The SMILES string of the molecule is c1ccc(-c2ccc(N(c3ccccc3)c3ccc4c(ccc5c6ccccc6oc45)c3)cc2)cc1. The molecule has 1 aromatic heterocycles. The molecule has 0 N–H and O–H groups in total. The second-order valence-electron chi connectivity index (χ2n) is 9.03. The van der Waals surface area contributed by atoms with Crippen molar-refractivity contribution in [3.63, 3.8) is 0 Å². The molecule has 2 heteroatoms. The van der Waals surface area contributed by atoms with Crippen LogP contribution < -0.4 is 4.90 Å². The van der Waals surface area contributed by atoms with Crippen LogP contribution in [-0.4, -0.2) is 0 Å². The Hall–Kier alpha value is -4.82. The third kappa shape index (κ3) is 3.43. The molecule has 170 valence electrons. The molecule has 0 aliphatic carbocycles. The van der Waals surface area contributed by atoms with Gasteiger partial charge in [0.15, 0.2) is 0 Å². The summed E-state index contributed by atoms with van der Waals surface area (Å²) in [5.74, 6) is 0. The molecule has 0 amide bonds. The van der Waals surface area contributed by atoms with Crippen LogP contribution in [0.5, 0.6) is 0 Å².